The first-order valence-corrected chi connectivity index (χ1v) is 16.4. The number of aromatic nitrogens is 1. The topological polar surface area (TPSA) is 79.3 Å². The molecule has 0 spiro atoms. The smallest absolute Gasteiger partial charge is 0.231 e. The van der Waals surface area contributed by atoms with Crippen LogP contribution in [-0.2, 0) is 15.9 Å². The number of aliphatic imine (C=N–C) groups is 1. The summed E-state index contributed by atoms with van der Waals surface area (Å²) in [6.45, 7) is 19.7. The zero-order valence-corrected chi connectivity index (χ0v) is 30.5. The summed E-state index contributed by atoms with van der Waals surface area (Å²) in [4.78, 5) is 24.6. The Labute approximate surface area is 285 Å². The van der Waals surface area contributed by atoms with Crippen molar-refractivity contribution in [1.29, 1.82) is 0 Å². The Kier molecular flexibility index (Phi) is 20.4. The maximum absolute atomic E-state index is 11.5. The molecule has 8 heteroatoms. The van der Waals surface area contributed by atoms with E-state index in [0.717, 1.165) is 35.2 Å². The molecule has 8 nitrogen and oxygen atoms in total. The minimum absolute atomic E-state index is 0.235. The lowest BCUT2D eigenvalue weighted by Crippen LogP contribution is -2.11. The second-order valence-electron chi connectivity index (χ2n) is 11.8. The first-order valence-electron chi connectivity index (χ1n) is 16.4. The van der Waals surface area contributed by atoms with Crippen LogP contribution in [0.25, 0.3) is 6.08 Å². The maximum atomic E-state index is 11.5. The van der Waals surface area contributed by atoms with Gasteiger partial charge < -0.3 is 24.6 Å². The number of likely N-dealkylation sites (tertiary alicyclic amines) is 1. The summed E-state index contributed by atoms with van der Waals surface area (Å²) in [6.07, 6.45) is 20.1. The molecule has 4 rings (SSSR count). The molecule has 2 fully saturated rings. The van der Waals surface area contributed by atoms with Crippen molar-refractivity contribution in [3.8, 4) is 0 Å². The Morgan fingerprint density at radius 2 is 1.89 bits per heavy atom. The van der Waals surface area contributed by atoms with Crippen LogP contribution in [0.5, 0.6) is 0 Å². The minimum atomic E-state index is 0.235. The Hall–Kier alpha value is -4.01. The molecule has 0 unspecified atom stereocenters. The summed E-state index contributed by atoms with van der Waals surface area (Å²) >= 11 is 0. The normalized spacial score (nSPS) is 17.1. The number of hydrogen-bond donors (Lipinski definition) is 1. The molecule has 3 aliphatic rings. The van der Waals surface area contributed by atoms with E-state index >= 15 is 0 Å². The summed E-state index contributed by atoms with van der Waals surface area (Å²) < 4.78 is 10.5. The van der Waals surface area contributed by atoms with Gasteiger partial charge in [-0.25, -0.2) is 4.98 Å². The van der Waals surface area contributed by atoms with Gasteiger partial charge in [0.1, 0.15) is 5.82 Å². The van der Waals surface area contributed by atoms with Gasteiger partial charge in [0.25, 0.3) is 0 Å². The first-order chi connectivity index (χ1) is 22.5. The van der Waals surface area contributed by atoms with Gasteiger partial charge in [-0.3, -0.25) is 9.79 Å². The highest BCUT2D eigenvalue weighted by molar-refractivity contribution is 5.92. The highest BCUT2D eigenvalue weighted by atomic mass is 16.7. The monoisotopic (exact) mass is 645 g/mol. The molecular weight excluding hydrogens is 586 g/mol. The number of ether oxygens (including phenoxy) is 2. The number of nitrogens with one attached hydrogen (secondary N) is 1. The van der Waals surface area contributed by atoms with Gasteiger partial charge in [0.15, 0.2) is 17.8 Å². The fraction of sp³-hybridized carbons (Fsp3) is 0.462. The van der Waals surface area contributed by atoms with Crippen molar-refractivity contribution in [2.24, 2.45) is 4.99 Å². The van der Waals surface area contributed by atoms with Gasteiger partial charge in [-0.2, -0.15) is 0 Å². The maximum Gasteiger partial charge on any atom is 0.231 e. The SMILES string of the molecule is C=C/C=C\C(C)=NC.C=C1OCO/C1=C/C/C=C(\C)C1=C(C)Cc2c(C=O)cc(NC)nc2C=C1.CCCN(C)C.CN1CCCC1. The number of fused-ring (bicyclic) bond motifs is 1. The van der Waals surface area contributed by atoms with E-state index in [1.54, 1.807) is 26.2 Å². The van der Waals surface area contributed by atoms with E-state index in [-0.39, 0.29) is 6.79 Å². The molecule has 0 atom stereocenters. The molecule has 2 saturated heterocycles. The predicted octanol–water partition coefficient (Wildman–Crippen LogP) is 8.05. The lowest BCUT2D eigenvalue weighted by Gasteiger charge is -2.11. The number of carbonyl (C=O) groups is 1. The number of carbonyl (C=O) groups excluding carboxylic acids is 1. The standard InChI is InChI=1S/C22H24N2O3.C7H11N.C5H11N.C5H13N/c1-14(6-5-7-21-16(3)26-13-27-21)18-8-9-20-19(10-15(18)2)17(12-25)11-22(23-4)24-20;1-4-5-6-7(2)8-3;1-6-4-2-3-5-6;1-4-5-6(2)3/h6-9,11-12H,3,5,10,13H2,1-2,4H3,(H,23,24);4-6H,1H2,2-3H3;2-5H2,1H3;4-5H2,1-3H3/b14-6+,21-7+;6-5-,8-7?;;. The van der Waals surface area contributed by atoms with E-state index in [1.165, 1.54) is 50.0 Å². The summed E-state index contributed by atoms with van der Waals surface area (Å²) in [5, 5.41) is 3.01. The Bertz CT molecular complexity index is 1340. The molecule has 0 saturated carbocycles. The Morgan fingerprint density at radius 1 is 1.19 bits per heavy atom. The minimum Gasteiger partial charge on any atom is -0.454 e. The number of aldehydes is 1. The highest BCUT2D eigenvalue weighted by Crippen LogP contribution is 2.29. The molecule has 47 heavy (non-hydrogen) atoms. The van der Waals surface area contributed by atoms with Crippen LogP contribution in [0.4, 0.5) is 5.82 Å². The predicted molar refractivity (Wildman–Crippen MR) is 201 cm³/mol. The van der Waals surface area contributed by atoms with Gasteiger partial charge in [-0.15, -0.1) is 0 Å². The van der Waals surface area contributed by atoms with Crippen LogP contribution in [0.15, 0.2) is 88.9 Å². The van der Waals surface area contributed by atoms with E-state index < -0.39 is 0 Å². The molecule has 1 aromatic heterocycles. The van der Waals surface area contributed by atoms with E-state index in [9.17, 15) is 4.79 Å². The lowest BCUT2D eigenvalue weighted by atomic mass is 9.96. The second-order valence-corrected chi connectivity index (χ2v) is 11.8. The van der Waals surface area contributed by atoms with Crippen LogP contribution in [0.2, 0.25) is 0 Å². The highest BCUT2D eigenvalue weighted by Gasteiger charge is 2.16. The summed E-state index contributed by atoms with van der Waals surface area (Å²) in [7, 11) is 9.91. The third-order valence-corrected chi connectivity index (χ3v) is 7.58. The average Bonchev–Trinajstić information content (AvgIpc) is 3.67. The number of rotatable bonds is 9. The zero-order valence-electron chi connectivity index (χ0n) is 30.5. The number of pyridine rings is 1. The lowest BCUT2D eigenvalue weighted by molar-refractivity contribution is 0.0978. The van der Waals surface area contributed by atoms with Crippen LogP contribution in [-0.4, -0.2) is 88.4 Å². The number of nitrogens with zero attached hydrogens (tertiary/aromatic N) is 4. The molecule has 3 heterocycles. The van der Waals surface area contributed by atoms with Crippen molar-refractivity contribution in [2.45, 2.75) is 59.8 Å². The fourth-order valence-electron chi connectivity index (χ4n) is 4.85. The van der Waals surface area contributed by atoms with Crippen LogP contribution < -0.4 is 5.32 Å². The quantitative estimate of drug-likeness (QED) is 0.165. The largest absolute Gasteiger partial charge is 0.454 e. The molecular formula is C39H59N5O3. The summed E-state index contributed by atoms with van der Waals surface area (Å²) in [5.74, 6) is 1.97. The van der Waals surface area contributed by atoms with Crippen LogP contribution in [0, 0.1) is 0 Å². The molecule has 0 aromatic carbocycles. The second kappa shape index (κ2) is 23.3. The van der Waals surface area contributed by atoms with E-state index in [4.69, 9.17) is 9.47 Å². The Morgan fingerprint density at radius 3 is 2.36 bits per heavy atom. The average molecular weight is 646 g/mol. The third-order valence-electron chi connectivity index (χ3n) is 7.58. The van der Waals surface area contributed by atoms with E-state index in [2.05, 4.69) is 92.3 Å². The van der Waals surface area contributed by atoms with Gasteiger partial charge in [0.2, 0.25) is 6.79 Å². The van der Waals surface area contributed by atoms with Gasteiger partial charge in [0.05, 0.1) is 5.69 Å². The van der Waals surface area contributed by atoms with Gasteiger partial charge in [-0.1, -0.05) is 50.0 Å². The van der Waals surface area contributed by atoms with Crippen molar-refractivity contribution in [1.82, 2.24) is 14.8 Å². The van der Waals surface area contributed by atoms with E-state index in [0.29, 0.717) is 29.3 Å². The van der Waals surface area contributed by atoms with Crippen LogP contribution in [0.1, 0.15) is 75.0 Å². The first kappa shape index (κ1) is 41.0. The van der Waals surface area contributed by atoms with Gasteiger partial charge in [-0.05, 0) is 135 Å². The molecule has 0 radical (unpaired) electrons. The molecule has 258 valence electrons. The zero-order chi connectivity index (χ0) is 35.2. The molecule has 1 N–H and O–H groups in total. The van der Waals surface area contributed by atoms with Crippen molar-refractivity contribution in [3.63, 3.8) is 0 Å². The summed E-state index contributed by atoms with van der Waals surface area (Å²) in [5.41, 5.74) is 7.04. The molecule has 0 bridgehead atoms. The number of allylic oxidation sites excluding steroid dienone is 9. The van der Waals surface area contributed by atoms with Gasteiger partial charge >= 0.3 is 0 Å². The Balaban J connectivity index is 0.000000446. The van der Waals surface area contributed by atoms with Crippen LogP contribution in [0.3, 0.4) is 0 Å². The molecule has 1 aliphatic carbocycles. The van der Waals surface area contributed by atoms with Gasteiger partial charge in [0, 0.05) is 25.4 Å². The number of hydrogen-bond acceptors (Lipinski definition) is 8. The van der Waals surface area contributed by atoms with Crippen molar-refractivity contribution in [3.05, 3.63) is 101 Å². The molecule has 1 aromatic rings. The summed E-state index contributed by atoms with van der Waals surface area (Å²) in [6, 6.07) is 1.80. The molecule has 2 aliphatic heterocycles. The van der Waals surface area contributed by atoms with Crippen LogP contribution >= 0.6 is 0 Å². The van der Waals surface area contributed by atoms with Crippen molar-refractivity contribution >= 4 is 23.9 Å². The molecule has 0 amide bonds. The number of anilines is 1. The fourth-order valence-corrected chi connectivity index (χ4v) is 4.85. The van der Waals surface area contributed by atoms with Crippen molar-refractivity contribution in [2.75, 3.05) is 67.0 Å². The van der Waals surface area contributed by atoms with Crippen molar-refractivity contribution < 1.29 is 14.3 Å². The third kappa shape index (κ3) is 15.9. The van der Waals surface area contributed by atoms with E-state index in [1.807, 2.05) is 31.2 Å².